The highest BCUT2D eigenvalue weighted by Gasteiger charge is 2.24. The third-order valence-corrected chi connectivity index (χ3v) is 2.32. The summed E-state index contributed by atoms with van der Waals surface area (Å²) in [7, 11) is 0. The van der Waals surface area contributed by atoms with Gasteiger partial charge < -0.3 is 4.90 Å². The number of alkyl halides is 1. The molecule has 58 valence electrons. The maximum absolute atomic E-state index is 10.9. The molecule has 1 heterocycles. The van der Waals surface area contributed by atoms with Crippen LogP contribution in [0.2, 0.25) is 0 Å². The zero-order valence-electron chi connectivity index (χ0n) is 6.14. The van der Waals surface area contributed by atoms with Gasteiger partial charge in [-0.2, -0.15) is 0 Å². The van der Waals surface area contributed by atoms with Crippen LogP contribution in [-0.4, -0.2) is 29.3 Å². The zero-order chi connectivity index (χ0) is 7.56. The standard InChI is InChI=1S/C7H12ClNO/c1-6(10)9-4-2-3-7(9)5-8/h7H,2-5H2,1H3/t7-/m1/s1. The van der Waals surface area contributed by atoms with E-state index in [2.05, 4.69) is 0 Å². The van der Waals surface area contributed by atoms with E-state index in [1.165, 1.54) is 0 Å². The molecule has 0 N–H and O–H groups in total. The summed E-state index contributed by atoms with van der Waals surface area (Å²) in [4.78, 5) is 12.7. The molecule has 0 aromatic heterocycles. The van der Waals surface area contributed by atoms with Gasteiger partial charge >= 0.3 is 0 Å². The SMILES string of the molecule is CC(=O)N1CCC[C@@H]1CCl. The molecule has 1 saturated heterocycles. The number of nitrogens with zero attached hydrogens (tertiary/aromatic N) is 1. The Labute approximate surface area is 66.1 Å². The molecular formula is C7H12ClNO. The summed E-state index contributed by atoms with van der Waals surface area (Å²) >= 11 is 5.65. The van der Waals surface area contributed by atoms with E-state index in [0.717, 1.165) is 19.4 Å². The molecule has 0 bridgehead atoms. The Morgan fingerprint density at radius 3 is 2.90 bits per heavy atom. The molecule has 3 heteroatoms. The van der Waals surface area contributed by atoms with Crippen molar-refractivity contribution < 1.29 is 4.79 Å². The van der Waals surface area contributed by atoms with Crippen LogP contribution in [0.15, 0.2) is 0 Å². The van der Waals surface area contributed by atoms with Gasteiger partial charge in [0.05, 0.1) is 0 Å². The second-order valence-electron chi connectivity index (χ2n) is 2.66. The van der Waals surface area contributed by atoms with Crippen LogP contribution < -0.4 is 0 Å². The Hall–Kier alpha value is -0.240. The first-order valence-corrected chi connectivity index (χ1v) is 4.12. The molecule has 0 aromatic rings. The van der Waals surface area contributed by atoms with Crippen LogP contribution in [0.1, 0.15) is 19.8 Å². The van der Waals surface area contributed by atoms with Crippen molar-refractivity contribution in [3.05, 3.63) is 0 Å². The van der Waals surface area contributed by atoms with Crippen LogP contribution in [0.5, 0.6) is 0 Å². The minimum absolute atomic E-state index is 0.156. The van der Waals surface area contributed by atoms with Crippen LogP contribution in [0, 0.1) is 0 Å². The van der Waals surface area contributed by atoms with E-state index in [-0.39, 0.29) is 5.91 Å². The van der Waals surface area contributed by atoms with Gasteiger partial charge in [0, 0.05) is 25.4 Å². The lowest BCUT2D eigenvalue weighted by Gasteiger charge is -2.20. The summed E-state index contributed by atoms with van der Waals surface area (Å²) in [6.07, 6.45) is 2.18. The summed E-state index contributed by atoms with van der Waals surface area (Å²) < 4.78 is 0. The van der Waals surface area contributed by atoms with E-state index in [1.54, 1.807) is 6.92 Å². The van der Waals surface area contributed by atoms with Gasteiger partial charge in [-0.15, -0.1) is 11.6 Å². The van der Waals surface area contributed by atoms with Crippen molar-refractivity contribution in [2.45, 2.75) is 25.8 Å². The molecule has 0 aliphatic carbocycles. The monoisotopic (exact) mass is 161 g/mol. The minimum atomic E-state index is 0.156. The molecule has 1 aliphatic rings. The fourth-order valence-corrected chi connectivity index (χ4v) is 1.73. The second-order valence-corrected chi connectivity index (χ2v) is 2.97. The van der Waals surface area contributed by atoms with Gasteiger partial charge in [0.1, 0.15) is 0 Å². The summed E-state index contributed by atoms with van der Waals surface area (Å²) in [5.74, 6) is 0.739. The molecule has 0 spiro atoms. The Kier molecular flexibility index (Phi) is 2.55. The van der Waals surface area contributed by atoms with Gasteiger partial charge in [0.25, 0.3) is 0 Å². The van der Waals surface area contributed by atoms with E-state index >= 15 is 0 Å². The van der Waals surface area contributed by atoms with Crippen molar-refractivity contribution in [1.29, 1.82) is 0 Å². The largest absolute Gasteiger partial charge is 0.339 e. The molecule has 1 atom stereocenters. The predicted molar refractivity (Wildman–Crippen MR) is 41.1 cm³/mol. The van der Waals surface area contributed by atoms with E-state index in [9.17, 15) is 4.79 Å². The highest BCUT2D eigenvalue weighted by Crippen LogP contribution is 2.17. The number of rotatable bonds is 1. The Morgan fingerprint density at radius 1 is 1.80 bits per heavy atom. The summed E-state index contributed by atoms with van der Waals surface area (Å²) in [5, 5.41) is 0. The molecule has 1 fully saturated rings. The van der Waals surface area contributed by atoms with Gasteiger partial charge in [-0.1, -0.05) is 0 Å². The molecule has 0 radical (unpaired) electrons. The van der Waals surface area contributed by atoms with Crippen LogP contribution in [-0.2, 0) is 4.79 Å². The molecule has 0 saturated carbocycles. The van der Waals surface area contributed by atoms with Crippen molar-refractivity contribution in [3.63, 3.8) is 0 Å². The third kappa shape index (κ3) is 1.43. The number of amides is 1. The first-order chi connectivity index (χ1) is 4.75. The topological polar surface area (TPSA) is 20.3 Å². The number of likely N-dealkylation sites (tertiary alicyclic amines) is 1. The maximum atomic E-state index is 10.9. The van der Waals surface area contributed by atoms with Crippen LogP contribution in [0.25, 0.3) is 0 Å². The fraction of sp³-hybridized carbons (Fsp3) is 0.857. The Balaban J connectivity index is 2.50. The highest BCUT2D eigenvalue weighted by atomic mass is 35.5. The lowest BCUT2D eigenvalue weighted by atomic mass is 10.2. The lowest BCUT2D eigenvalue weighted by Crippen LogP contribution is -2.34. The molecule has 1 amide bonds. The quantitative estimate of drug-likeness (QED) is 0.530. The average molecular weight is 162 g/mol. The fourth-order valence-electron chi connectivity index (χ4n) is 1.41. The van der Waals surface area contributed by atoms with Gasteiger partial charge in [0.15, 0.2) is 0 Å². The van der Waals surface area contributed by atoms with Gasteiger partial charge in [-0.05, 0) is 12.8 Å². The Morgan fingerprint density at radius 2 is 2.50 bits per heavy atom. The number of hydrogen-bond acceptors (Lipinski definition) is 1. The minimum Gasteiger partial charge on any atom is -0.339 e. The van der Waals surface area contributed by atoms with Gasteiger partial charge in [-0.3, -0.25) is 4.79 Å². The second kappa shape index (κ2) is 3.24. The van der Waals surface area contributed by atoms with E-state index in [1.807, 2.05) is 4.90 Å². The van der Waals surface area contributed by atoms with Crippen molar-refractivity contribution in [3.8, 4) is 0 Å². The molecule has 1 rings (SSSR count). The van der Waals surface area contributed by atoms with Crippen molar-refractivity contribution >= 4 is 17.5 Å². The first kappa shape index (κ1) is 7.86. The van der Waals surface area contributed by atoms with Crippen LogP contribution >= 0.6 is 11.6 Å². The van der Waals surface area contributed by atoms with Crippen LogP contribution in [0.3, 0.4) is 0 Å². The number of halogens is 1. The van der Waals surface area contributed by atoms with Crippen molar-refractivity contribution in [1.82, 2.24) is 4.90 Å². The molecule has 2 nitrogen and oxygen atoms in total. The predicted octanol–water partition coefficient (Wildman–Crippen LogP) is 1.24. The molecule has 0 aromatic carbocycles. The molecular weight excluding hydrogens is 150 g/mol. The summed E-state index contributed by atoms with van der Waals surface area (Å²) in [6.45, 7) is 2.50. The lowest BCUT2D eigenvalue weighted by molar-refractivity contribution is -0.129. The van der Waals surface area contributed by atoms with E-state index < -0.39 is 0 Å². The maximum Gasteiger partial charge on any atom is 0.219 e. The third-order valence-electron chi connectivity index (χ3n) is 1.96. The Bertz CT molecular complexity index is 138. The molecule has 0 unspecified atom stereocenters. The van der Waals surface area contributed by atoms with Crippen LogP contribution in [0.4, 0.5) is 0 Å². The van der Waals surface area contributed by atoms with Gasteiger partial charge in [0.2, 0.25) is 5.91 Å². The number of hydrogen-bond donors (Lipinski definition) is 0. The van der Waals surface area contributed by atoms with E-state index in [4.69, 9.17) is 11.6 Å². The van der Waals surface area contributed by atoms with Crippen molar-refractivity contribution in [2.75, 3.05) is 12.4 Å². The summed E-state index contributed by atoms with van der Waals surface area (Å²) in [6, 6.07) is 0.305. The highest BCUT2D eigenvalue weighted by molar-refractivity contribution is 6.18. The van der Waals surface area contributed by atoms with Crippen molar-refractivity contribution in [2.24, 2.45) is 0 Å². The summed E-state index contributed by atoms with van der Waals surface area (Å²) in [5.41, 5.74) is 0. The smallest absolute Gasteiger partial charge is 0.219 e. The number of carbonyl (C=O) groups excluding carboxylic acids is 1. The molecule has 10 heavy (non-hydrogen) atoms. The average Bonchev–Trinajstić information content (AvgIpc) is 2.33. The van der Waals surface area contributed by atoms with E-state index in [0.29, 0.717) is 11.9 Å². The normalized spacial score (nSPS) is 25.4. The van der Waals surface area contributed by atoms with Gasteiger partial charge in [-0.25, -0.2) is 0 Å². The first-order valence-electron chi connectivity index (χ1n) is 3.59. The molecule has 1 aliphatic heterocycles. The number of carbonyl (C=O) groups is 1. The zero-order valence-corrected chi connectivity index (χ0v) is 6.90.